The van der Waals surface area contributed by atoms with Crippen LogP contribution in [0.5, 0.6) is 0 Å². The van der Waals surface area contributed by atoms with E-state index in [9.17, 15) is 4.79 Å². The Morgan fingerprint density at radius 1 is 1.20 bits per heavy atom. The maximum atomic E-state index is 11.9. The SMILES string of the molecule is CCCC(C)(N)C(=O)NCCc1ccc(CC)cc1.Cl. The smallest absolute Gasteiger partial charge is 0.239 e. The topological polar surface area (TPSA) is 55.1 Å². The van der Waals surface area contributed by atoms with Crippen LogP contribution in [0.4, 0.5) is 0 Å². The lowest BCUT2D eigenvalue weighted by Gasteiger charge is -2.22. The van der Waals surface area contributed by atoms with Crippen molar-refractivity contribution in [2.24, 2.45) is 5.73 Å². The van der Waals surface area contributed by atoms with Crippen molar-refractivity contribution >= 4 is 18.3 Å². The highest BCUT2D eigenvalue weighted by Crippen LogP contribution is 2.09. The minimum atomic E-state index is -0.749. The number of hydrogen-bond donors (Lipinski definition) is 2. The highest BCUT2D eigenvalue weighted by molar-refractivity contribution is 5.85. The Hall–Kier alpha value is -1.06. The molecule has 20 heavy (non-hydrogen) atoms. The second-order valence-electron chi connectivity index (χ2n) is 5.34. The molecule has 1 amide bonds. The summed E-state index contributed by atoms with van der Waals surface area (Å²) < 4.78 is 0. The van der Waals surface area contributed by atoms with Gasteiger partial charge < -0.3 is 11.1 Å². The van der Waals surface area contributed by atoms with Gasteiger partial charge in [0.05, 0.1) is 5.54 Å². The zero-order valence-electron chi connectivity index (χ0n) is 12.7. The first-order valence-electron chi connectivity index (χ1n) is 7.14. The predicted octanol–water partition coefficient (Wildman–Crippen LogP) is 2.85. The van der Waals surface area contributed by atoms with Gasteiger partial charge in [0.25, 0.3) is 0 Å². The van der Waals surface area contributed by atoms with E-state index in [1.165, 1.54) is 11.1 Å². The van der Waals surface area contributed by atoms with Gasteiger partial charge in [-0.05, 0) is 37.3 Å². The molecule has 0 radical (unpaired) electrons. The van der Waals surface area contributed by atoms with E-state index in [1.807, 2.05) is 6.92 Å². The third-order valence-electron chi connectivity index (χ3n) is 3.42. The summed E-state index contributed by atoms with van der Waals surface area (Å²) in [5, 5.41) is 2.92. The molecule has 3 nitrogen and oxygen atoms in total. The first-order valence-corrected chi connectivity index (χ1v) is 7.14. The third kappa shape index (κ3) is 5.93. The van der Waals surface area contributed by atoms with Gasteiger partial charge >= 0.3 is 0 Å². The van der Waals surface area contributed by atoms with Gasteiger partial charge in [0.2, 0.25) is 5.91 Å². The van der Waals surface area contributed by atoms with Crippen molar-refractivity contribution in [2.45, 2.75) is 52.0 Å². The van der Waals surface area contributed by atoms with Crippen LogP contribution in [-0.2, 0) is 17.6 Å². The average Bonchev–Trinajstić information content (AvgIpc) is 2.39. The number of halogens is 1. The summed E-state index contributed by atoms with van der Waals surface area (Å²) in [6.45, 7) is 6.61. The number of carbonyl (C=O) groups is 1. The van der Waals surface area contributed by atoms with Gasteiger partial charge in [-0.2, -0.15) is 0 Å². The highest BCUT2D eigenvalue weighted by Gasteiger charge is 2.26. The molecule has 1 unspecified atom stereocenters. The van der Waals surface area contributed by atoms with Crippen molar-refractivity contribution in [3.63, 3.8) is 0 Å². The Kier molecular flexibility index (Phi) is 8.51. The summed E-state index contributed by atoms with van der Waals surface area (Å²) >= 11 is 0. The first kappa shape index (κ1) is 18.9. The van der Waals surface area contributed by atoms with Crippen LogP contribution in [0.15, 0.2) is 24.3 Å². The maximum absolute atomic E-state index is 11.9. The van der Waals surface area contributed by atoms with Gasteiger partial charge in [-0.25, -0.2) is 0 Å². The minimum Gasteiger partial charge on any atom is -0.354 e. The number of nitrogens with one attached hydrogen (secondary N) is 1. The Morgan fingerprint density at radius 2 is 1.75 bits per heavy atom. The van der Waals surface area contributed by atoms with Crippen molar-refractivity contribution < 1.29 is 4.79 Å². The van der Waals surface area contributed by atoms with Crippen molar-refractivity contribution in [1.29, 1.82) is 0 Å². The predicted molar refractivity (Wildman–Crippen MR) is 87.3 cm³/mol. The normalized spacial score (nSPS) is 13.2. The monoisotopic (exact) mass is 298 g/mol. The fourth-order valence-electron chi connectivity index (χ4n) is 2.10. The fourth-order valence-corrected chi connectivity index (χ4v) is 2.10. The molecule has 3 N–H and O–H groups in total. The first-order chi connectivity index (χ1) is 8.99. The number of benzene rings is 1. The van der Waals surface area contributed by atoms with Crippen LogP contribution in [0.2, 0.25) is 0 Å². The van der Waals surface area contributed by atoms with Crippen molar-refractivity contribution in [2.75, 3.05) is 6.54 Å². The fraction of sp³-hybridized carbons (Fsp3) is 0.562. The molecule has 0 aliphatic rings. The summed E-state index contributed by atoms with van der Waals surface area (Å²) in [6.07, 6.45) is 3.53. The molecule has 1 aromatic carbocycles. The van der Waals surface area contributed by atoms with E-state index >= 15 is 0 Å². The standard InChI is InChI=1S/C16H26N2O.ClH/c1-4-11-16(3,17)15(19)18-12-10-14-8-6-13(5-2)7-9-14;/h6-9H,4-5,10-12,17H2,1-3H3,(H,18,19);1H. The van der Waals surface area contributed by atoms with Gasteiger partial charge in [0.15, 0.2) is 0 Å². The molecular weight excluding hydrogens is 272 g/mol. The number of carbonyl (C=O) groups excluding carboxylic acids is 1. The molecule has 4 heteroatoms. The summed E-state index contributed by atoms with van der Waals surface area (Å²) in [5.74, 6) is -0.0560. The Morgan fingerprint density at radius 3 is 2.25 bits per heavy atom. The van der Waals surface area contributed by atoms with Gasteiger partial charge in [-0.1, -0.05) is 44.5 Å². The Bertz CT molecular complexity index is 401. The van der Waals surface area contributed by atoms with E-state index in [1.54, 1.807) is 6.92 Å². The lowest BCUT2D eigenvalue weighted by molar-refractivity contribution is -0.126. The van der Waals surface area contributed by atoms with Crippen LogP contribution in [-0.4, -0.2) is 18.0 Å². The Balaban J connectivity index is 0.00000361. The zero-order chi connectivity index (χ0) is 14.3. The number of rotatable bonds is 7. The molecule has 0 heterocycles. The molecular formula is C16H27ClN2O. The quantitative estimate of drug-likeness (QED) is 0.813. The summed E-state index contributed by atoms with van der Waals surface area (Å²) in [6, 6.07) is 8.53. The van der Waals surface area contributed by atoms with E-state index in [2.05, 4.69) is 36.5 Å². The molecule has 1 rings (SSSR count). The number of hydrogen-bond acceptors (Lipinski definition) is 2. The number of aryl methyl sites for hydroxylation is 1. The van der Waals surface area contributed by atoms with Gasteiger partial charge in [0.1, 0.15) is 0 Å². The molecule has 0 saturated carbocycles. The Labute approximate surface area is 128 Å². The molecule has 0 saturated heterocycles. The van der Waals surface area contributed by atoms with Crippen LogP contribution < -0.4 is 11.1 Å². The second kappa shape index (κ2) is 8.98. The molecule has 0 aliphatic carbocycles. The third-order valence-corrected chi connectivity index (χ3v) is 3.42. The van der Waals surface area contributed by atoms with Crippen LogP contribution in [0.3, 0.4) is 0 Å². The minimum absolute atomic E-state index is 0. The van der Waals surface area contributed by atoms with E-state index in [0.717, 1.165) is 19.3 Å². The maximum Gasteiger partial charge on any atom is 0.239 e. The average molecular weight is 299 g/mol. The molecule has 1 aromatic rings. The molecule has 0 aliphatic heterocycles. The number of amides is 1. The highest BCUT2D eigenvalue weighted by atomic mass is 35.5. The number of nitrogens with two attached hydrogens (primary N) is 1. The van der Waals surface area contributed by atoms with Crippen LogP contribution in [0.1, 0.15) is 44.7 Å². The lowest BCUT2D eigenvalue weighted by Crippen LogP contribution is -2.51. The van der Waals surface area contributed by atoms with Gasteiger partial charge in [0, 0.05) is 6.54 Å². The lowest BCUT2D eigenvalue weighted by atomic mass is 9.96. The zero-order valence-corrected chi connectivity index (χ0v) is 13.6. The summed E-state index contributed by atoms with van der Waals surface area (Å²) in [5.41, 5.74) is 7.81. The molecule has 0 spiro atoms. The van der Waals surface area contributed by atoms with Gasteiger partial charge in [-0.3, -0.25) is 4.79 Å². The summed E-state index contributed by atoms with van der Waals surface area (Å²) in [4.78, 5) is 11.9. The van der Waals surface area contributed by atoms with E-state index in [4.69, 9.17) is 5.73 Å². The molecule has 114 valence electrons. The van der Waals surface area contributed by atoms with Gasteiger partial charge in [-0.15, -0.1) is 12.4 Å². The molecule has 0 fully saturated rings. The van der Waals surface area contributed by atoms with Crippen LogP contribution in [0, 0.1) is 0 Å². The molecule has 0 aromatic heterocycles. The largest absolute Gasteiger partial charge is 0.354 e. The van der Waals surface area contributed by atoms with Crippen molar-refractivity contribution in [1.82, 2.24) is 5.32 Å². The second-order valence-corrected chi connectivity index (χ2v) is 5.34. The van der Waals surface area contributed by atoms with E-state index in [-0.39, 0.29) is 18.3 Å². The summed E-state index contributed by atoms with van der Waals surface area (Å²) in [7, 11) is 0. The van der Waals surface area contributed by atoms with Crippen molar-refractivity contribution in [3.05, 3.63) is 35.4 Å². The molecule has 1 atom stereocenters. The van der Waals surface area contributed by atoms with E-state index in [0.29, 0.717) is 13.0 Å². The van der Waals surface area contributed by atoms with E-state index < -0.39 is 5.54 Å². The van der Waals surface area contributed by atoms with Crippen LogP contribution >= 0.6 is 12.4 Å². The van der Waals surface area contributed by atoms with Crippen LogP contribution in [0.25, 0.3) is 0 Å². The van der Waals surface area contributed by atoms with Crippen molar-refractivity contribution in [3.8, 4) is 0 Å². The molecule has 0 bridgehead atoms.